The van der Waals surface area contributed by atoms with Crippen LogP contribution in [0.2, 0.25) is 0 Å². The molecule has 24 heteroatoms. The molecule has 0 nitrogen and oxygen atoms in total. The van der Waals surface area contributed by atoms with Gasteiger partial charge in [0, 0.05) is 39.2 Å². The van der Waals surface area contributed by atoms with E-state index in [-0.39, 0.29) is 133 Å². The Morgan fingerprint density at radius 3 is 0.278 bits per heavy atom. The number of benzene rings is 8. The van der Waals surface area contributed by atoms with Crippen molar-refractivity contribution in [2.75, 3.05) is 0 Å². The number of rotatable bonds is 0. The largest absolute Gasteiger partial charge is 0.202 e. The van der Waals surface area contributed by atoms with Crippen molar-refractivity contribution in [3.8, 4) is 0 Å². The van der Waals surface area contributed by atoms with E-state index in [4.69, 9.17) is 0 Å². The fraction of sp³-hybridized carbons (Fsp3) is 0. The van der Waals surface area contributed by atoms with Crippen LogP contribution >= 0.6 is 94.1 Å². The van der Waals surface area contributed by atoms with E-state index >= 15 is 70.2 Å². The Morgan fingerprint density at radius 2 is 0.208 bits per heavy atom. The van der Waals surface area contributed by atoms with Crippen LogP contribution in [-0.2, 0) is 0 Å². The van der Waals surface area contributed by atoms with E-state index in [1.54, 1.807) is 0 Å². The fourth-order valence-electron chi connectivity index (χ4n) is 6.33. The summed E-state index contributed by atoms with van der Waals surface area (Å²) in [4.78, 5) is -9.39. The van der Waals surface area contributed by atoms with Gasteiger partial charge in [0.15, 0.2) is 93.1 Å². The molecule has 8 aromatic rings. The summed E-state index contributed by atoms with van der Waals surface area (Å²) in [5.74, 6) is -28.9. The van der Waals surface area contributed by atoms with Gasteiger partial charge >= 0.3 is 0 Å². The highest BCUT2D eigenvalue weighted by Gasteiger charge is 2.32. The minimum atomic E-state index is -1.80. The molecule has 8 aromatic carbocycles. The van der Waals surface area contributed by atoms with Crippen LogP contribution in [0.1, 0.15) is 0 Å². The molecule has 0 N–H and O–H groups in total. The molecule has 22 heterocycles. The minimum Gasteiger partial charge on any atom is -0.202 e. The third kappa shape index (κ3) is 10.2. The van der Waals surface area contributed by atoms with Crippen LogP contribution in [0.4, 0.5) is 70.2 Å². The predicted octanol–water partition coefficient (Wildman–Crippen LogP) is 19.4. The van der Waals surface area contributed by atoms with Crippen LogP contribution in [0, 0.1) is 93.1 Å². The lowest BCUT2D eigenvalue weighted by atomic mass is 10.3. The Labute approximate surface area is 429 Å². The monoisotopic (exact) mass is 1150 g/mol. The summed E-state index contributed by atoms with van der Waals surface area (Å²) in [6, 6.07) is 18.1. The predicted molar refractivity (Wildman–Crippen MR) is 244 cm³/mol. The summed E-state index contributed by atoms with van der Waals surface area (Å²) in [6.07, 6.45) is 0. The summed E-state index contributed by atoms with van der Waals surface area (Å²) in [7, 11) is 0. The van der Waals surface area contributed by atoms with Gasteiger partial charge in [-0.3, -0.25) is 0 Å². The lowest BCUT2D eigenvalue weighted by Crippen LogP contribution is -2.02. The molecule has 0 fully saturated rings. The average molecular weight is 1150 g/mol. The second-order valence-corrected chi connectivity index (χ2v) is 23.0. The van der Waals surface area contributed by atoms with E-state index in [0.29, 0.717) is 0 Å². The molecule has 0 spiro atoms. The molecule has 0 unspecified atom stereocenters. The number of hydrogen-bond donors (Lipinski definition) is 0. The quantitative estimate of drug-likeness (QED) is 0.107. The van der Waals surface area contributed by atoms with Gasteiger partial charge in [-0.25, -0.2) is 70.2 Å². The third-order valence-corrected chi connectivity index (χ3v) is 18.3. The highest BCUT2D eigenvalue weighted by Crippen LogP contribution is 2.47. The van der Waals surface area contributed by atoms with Crippen LogP contribution in [0.5, 0.6) is 0 Å². The summed E-state index contributed by atoms with van der Waals surface area (Å²) in [5, 5.41) is 0. The molecule has 0 atom stereocenters. The van der Waals surface area contributed by atoms with Crippen LogP contribution < -0.4 is 0 Å². The second-order valence-electron chi connectivity index (χ2n) is 14.4. The number of halogens is 16. The van der Waals surface area contributed by atoms with Crippen molar-refractivity contribution in [2.24, 2.45) is 0 Å². The summed E-state index contributed by atoms with van der Waals surface area (Å²) >= 11 is 1.79. The molecule has 30 rings (SSSR count). The van der Waals surface area contributed by atoms with E-state index in [2.05, 4.69) is 0 Å². The molecule has 16 bridgehead atoms. The standard InChI is InChI=1S/C48H16F16S8/c49-25-27(51)43-28(52)26(50)41(25)65-17-1-2-18(4-3-17)66-42-29(53)31(55)44(32(56)30(42)54)68-20-9-11-22(12-10-20)70-46-37(61)39(63)48(40(64)38(46)62)72-24-15-13-23(14-16-24)71-47-35(59)33(57)45(34(58)36(47)60)69-21-7-5-19(67-43)6-8-21/h1-16H. The maximum atomic E-state index is 15.4. The molecule has 22 aliphatic heterocycles. The zero-order valence-electron chi connectivity index (χ0n) is 34.6. The highest BCUT2D eigenvalue weighted by molar-refractivity contribution is 8.01. The minimum absolute atomic E-state index is 0.0501. The summed E-state index contributed by atoms with van der Waals surface area (Å²) in [5.41, 5.74) is 0. The van der Waals surface area contributed by atoms with Crippen molar-refractivity contribution >= 4 is 94.1 Å². The first-order valence-corrected chi connectivity index (χ1v) is 26.1. The zero-order chi connectivity index (χ0) is 51.4. The van der Waals surface area contributed by atoms with E-state index in [0.717, 1.165) is 97.1 Å². The molecule has 0 radical (unpaired) electrons. The van der Waals surface area contributed by atoms with Crippen molar-refractivity contribution in [1.82, 2.24) is 0 Å². The van der Waals surface area contributed by atoms with Gasteiger partial charge in [-0.15, -0.1) is 0 Å². The maximum absolute atomic E-state index is 15.4. The Morgan fingerprint density at radius 1 is 0.139 bits per heavy atom. The molecular formula is C48H16F16S8. The van der Waals surface area contributed by atoms with Gasteiger partial charge in [0.05, 0.1) is 39.2 Å². The lowest BCUT2D eigenvalue weighted by Gasteiger charge is -2.14. The van der Waals surface area contributed by atoms with E-state index < -0.39 is 132 Å². The Hall–Kier alpha value is -4.56. The molecule has 0 saturated heterocycles. The Bertz CT molecular complexity index is 2670. The topological polar surface area (TPSA) is 0 Å². The second kappa shape index (κ2) is 21.4. The molecule has 22 aliphatic rings. The number of hydrogen-bond acceptors (Lipinski definition) is 8. The SMILES string of the molecule is Fc1c(F)c2c(F)c(F)c1Sc1ccc(cc1)Sc1c(F)c(F)c(c(F)c1F)Sc1ccc(cc1)Sc1c(F)c(F)c(c(F)c1F)Sc1ccc(cc1)Sc1c(F)c(F)c(c(F)c1F)Sc1ccc(cc1)S2. The first kappa shape index (κ1) is 52.3. The first-order valence-electron chi connectivity index (χ1n) is 19.6. The normalized spacial score (nSPS) is 13.1. The van der Waals surface area contributed by atoms with E-state index in [1.807, 2.05) is 0 Å². The highest BCUT2D eigenvalue weighted by atomic mass is 32.2. The van der Waals surface area contributed by atoms with Gasteiger partial charge in [0.25, 0.3) is 0 Å². The van der Waals surface area contributed by atoms with Crippen LogP contribution in [0.15, 0.2) is 175 Å². The van der Waals surface area contributed by atoms with Crippen LogP contribution in [-0.4, -0.2) is 0 Å². The van der Waals surface area contributed by atoms with Crippen molar-refractivity contribution in [3.63, 3.8) is 0 Å². The third-order valence-electron chi connectivity index (χ3n) is 9.79. The first-order chi connectivity index (χ1) is 34.3. The average Bonchev–Trinajstić information content (AvgIpc) is 3.38. The molecule has 0 amide bonds. The van der Waals surface area contributed by atoms with Gasteiger partial charge in [-0.2, -0.15) is 0 Å². The maximum Gasteiger partial charge on any atom is 0.177 e. The molecule has 0 aliphatic carbocycles. The Balaban J connectivity index is 1.06. The van der Waals surface area contributed by atoms with E-state index in [9.17, 15) is 0 Å². The fourth-order valence-corrected chi connectivity index (χ4v) is 13.3. The molecular weight excluding hydrogens is 1140 g/mol. The smallest absolute Gasteiger partial charge is 0.177 e. The van der Waals surface area contributed by atoms with Crippen molar-refractivity contribution in [1.29, 1.82) is 0 Å². The van der Waals surface area contributed by atoms with Gasteiger partial charge in [-0.05, 0) is 97.1 Å². The van der Waals surface area contributed by atoms with Crippen LogP contribution in [0.25, 0.3) is 0 Å². The zero-order valence-corrected chi connectivity index (χ0v) is 41.1. The van der Waals surface area contributed by atoms with Gasteiger partial charge < -0.3 is 0 Å². The Kier molecular flexibility index (Phi) is 15.5. The van der Waals surface area contributed by atoms with Gasteiger partial charge in [0.1, 0.15) is 0 Å². The lowest BCUT2D eigenvalue weighted by molar-refractivity contribution is 0.400. The summed E-state index contributed by atoms with van der Waals surface area (Å²) < 4.78 is 246. The molecule has 0 aromatic heterocycles. The van der Waals surface area contributed by atoms with Crippen LogP contribution in [0.3, 0.4) is 0 Å². The molecule has 368 valence electrons. The van der Waals surface area contributed by atoms with E-state index in [1.165, 1.54) is 0 Å². The van der Waals surface area contributed by atoms with Gasteiger partial charge in [-0.1, -0.05) is 94.1 Å². The molecule has 0 saturated carbocycles. The molecule has 72 heavy (non-hydrogen) atoms. The van der Waals surface area contributed by atoms with Crippen molar-refractivity contribution in [2.45, 2.75) is 78.3 Å². The summed E-state index contributed by atoms with van der Waals surface area (Å²) in [6.45, 7) is 0. The van der Waals surface area contributed by atoms with Crippen molar-refractivity contribution < 1.29 is 70.2 Å². The van der Waals surface area contributed by atoms with Crippen molar-refractivity contribution in [3.05, 3.63) is 190 Å². The van der Waals surface area contributed by atoms with Gasteiger partial charge in [0.2, 0.25) is 0 Å².